The topological polar surface area (TPSA) is 47.8 Å². The van der Waals surface area contributed by atoms with Crippen LogP contribution in [0.25, 0.3) is 5.69 Å². The monoisotopic (exact) mass is 285 g/mol. The van der Waals surface area contributed by atoms with E-state index in [1.165, 1.54) is 6.20 Å². The quantitative estimate of drug-likeness (QED) is 0.695. The second-order valence-corrected chi connectivity index (χ2v) is 4.34. The number of rotatable bonds is 3. The summed E-state index contributed by atoms with van der Waals surface area (Å²) in [5.74, 6) is -1.59. The van der Waals surface area contributed by atoms with Crippen molar-refractivity contribution in [1.29, 1.82) is 0 Å². The average Bonchev–Trinajstić information content (AvgIpc) is 2.99. The van der Waals surface area contributed by atoms with E-state index in [-0.39, 0.29) is 17.2 Å². The van der Waals surface area contributed by atoms with Gasteiger partial charge in [-0.25, -0.2) is 13.5 Å². The molecule has 0 saturated carbocycles. The molecule has 0 aliphatic carbocycles. The number of hydrogen-bond donors (Lipinski definition) is 0. The molecule has 0 saturated heterocycles. The molecule has 0 fully saturated rings. The van der Waals surface area contributed by atoms with E-state index in [1.54, 1.807) is 30.3 Å². The molecular formula is C15H9F2N3O. The summed E-state index contributed by atoms with van der Waals surface area (Å²) >= 11 is 0. The third-order valence-electron chi connectivity index (χ3n) is 2.92. The average molecular weight is 285 g/mol. The van der Waals surface area contributed by atoms with Gasteiger partial charge in [0.25, 0.3) is 0 Å². The van der Waals surface area contributed by atoms with Crippen LogP contribution >= 0.6 is 0 Å². The van der Waals surface area contributed by atoms with Gasteiger partial charge in [0.1, 0.15) is 17.3 Å². The number of aromatic nitrogens is 3. The second-order valence-electron chi connectivity index (χ2n) is 4.34. The Labute approximate surface area is 118 Å². The van der Waals surface area contributed by atoms with Gasteiger partial charge in [0.05, 0.1) is 6.20 Å². The largest absolute Gasteiger partial charge is 0.287 e. The van der Waals surface area contributed by atoms with Crippen LogP contribution in [0.2, 0.25) is 0 Å². The maximum Gasteiger partial charge on any atom is 0.214 e. The summed E-state index contributed by atoms with van der Waals surface area (Å²) in [6, 6.07) is 11.5. The Bertz CT molecular complexity index is 800. The van der Waals surface area contributed by atoms with Crippen molar-refractivity contribution in [1.82, 2.24) is 15.0 Å². The Morgan fingerprint density at radius 1 is 1.05 bits per heavy atom. The maximum atomic E-state index is 13.6. The molecule has 0 bridgehead atoms. The molecule has 4 nitrogen and oxygen atoms in total. The van der Waals surface area contributed by atoms with E-state index in [0.717, 1.165) is 22.9 Å². The molecule has 0 amide bonds. The minimum absolute atomic E-state index is 0.0601. The SMILES string of the molecule is O=C(c1ccccc1)c1cn(-c2cc(F)ccc2F)nn1. The highest BCUT2D eigenvalue weighted by molar-refractivity contribution is 6.07. The summed E-state index contributed by atoms with van der Waals surface area (Å²) in [6.07, 6.45) is 1.27. The molecule has 0 unspecified atom stereocenters. The molecule has 6 heteroatoms. The molecular weight excluding hydrogens is 276 g/mol. The zero-order valence-corrected chi connectivity index (χ0v) is 10.7. The zero-order valence-electron chi connectivity index (χ0n) is 10.7. The number of ketones is 1. The summed E-state index contributed by atoms with van der Waals surface area (Å²) < 4.78 is 27.9. The first-order valence-electron chi connectivity index (χ1n) is 6.12. The van der Waals surface area contributed by atoms with Crippen LogP contribution in [0, 0.1) is 11.6 Å². The van der Waals surface area contributed by atoms with Crippen molar-refractivity contribution in [3.8, 4) is 5.69 Å². The van der Waals surface area contributed by atoms with Gasteiger partial charge in [0, 0.05) is 11.6 Å². The van der Waals surface area contributed by atoms with Crippen LogP contribution in [0.3, 0.4) is 0 Å². The summed E-state index contributed by atoms with van der Waals surface area (Å²) in [5, 5.41) is 7.39. The summed E-state index contributed by atoms with van der Waals surface area (Å²) in [6.45, 7) is 0. The van der Waals surface area contributed by atoms with Crippen LogP contribution in [0.4, 0.5) is 8.78 Å². The van der Waals surface area contributed by atoms with Crippen LogP contribution in [0.5, 0.6) is 0 Å². The molecule has 1 aromatic heterocycles. The number of halogens is 2. The number of hydrogen-bond acceptors (Lipinski definition) is 3. The molecule has 3 rings (SSSR count). The first-order valence-corrected chi connectivity index (χ1v) is 6.12. The molecule has 0 spiro atoms. The van der Waals surface area contributed by atoms with Crippen LogP contribution < -0.4 is 0 Å². The van der Waals surface area contributed by atoms with Crippen LogP contribution in [0.1, 0.15) is 16.1 Å². The van der Waals surface area contributed by atoms with Gasteiger partial charge in [-0.3, -0.25) is 4.79 Å². The Morgan fingerprint density at radius 3 is 2.57 bits per heavy atom. The Balaban J connectivity index is 1.97. The fourth-order valence-corrected chi connectivity index (χ4v) is 1.88. The Morgan fingerprint density at radius 2 is 1.81 bits per heavy atom. The van der Waals surface area contributed by atoms with E-state index in [0.29, 0.717) is 5.56 Å². The van der Waals surface area contributed by atoms with Crippen molar-refractivity contribution in [2.45, 2.75) is 0 Å². The van der Waals surface area contributed by atoms with Crippen molar-refractivity contribution < 1.29 is 13.6 Å². The van der Waals surface area contributed by atoms with E-state index in [1.807, 2.05) is 0 Å². The lowest BCUT2D eigenvalue weighted by molar-refractivity contribution is 0.103. The lowest BCUT2D eigenvalue weighted by Crippen LogP contribution is -2.01. The highest BCUT2D eigenvalue weighted by Gasteiger charge is 2.15. The molecule has 0 atom stereocenters. The number of benzene rings is 2. The third-order valence-corrected chi connectivity index (χ3v) is 2.92. The fraction of sp³-hybridized carbons (Fsp3) is 0. The Hall–Kier alpha value is -2.89. The standard InChI is InChI=1S/C15H9F2N3O/c16-11-6-7-12(17)14(8-11)20-9-13(18-19-20)15(21)10-4-2-1-3-5-10/h1-9H. The smallest absolute Gasteiger partial charge is 0.214 e. The van der Waals surface area contributed by atoms with Gasteiger partial charge in [-0.1, -0.05) is 35.5 Å². The summed E-state index contributed by atoms with van der Waals surface area (Å²) in [5.41, 5.74) is 0.406. The number of nitrogens with zero attached hydrogens (tertiary/aromatic N) is 3. The van der Waals surface area contributed by atoms with Crippen molar-refractivity contribution in [3.05, 3.63) is 77.6 Å². The minimum atomic E-state index is -0.653. The summed E-state index contributed by atoms with van der Waals surface area (Å²) in [4.78, 5) is 12.2. The molecule has 0 aliphatic heterocycles. The summed E-state index contributed by atoms with van der Waals surface area (Å²) in [7, 11) is 0. The second kappa shape index (κ2) is 5.24. The van der Waals surface area contributed by atoms with Crippen LogP contribution in [0.15, 0.2) is 54.7 Å². The van der Waals surface area contributed by atoms with E-state index in [4.69, 9.17) is 0 Å². The molecule has 3 aromatic rings. The van der Waals surface area contributed by atoms with Gasteiger partial charge in [-0.05, 0) is 12.1 Å². The molecule has 0 N–H and O–H groups in total. The highest BCUT2D eigenvalue weighted by Crippen LogP contribution is 2.15. The molecule has 21 heavy (non-hydrogen) atoms. The first-order chi connectivity index (χ1) is 10.1. The Kier molecular flexibility index (Phi) is 3.27. The van der Waals surface area contributed by atoms with E-state index >= 15 is 0 Å². The van der Waals surface area contributed by atoms with Crippen molar-refractivity contribution in [2.24, 2.45) is 0 Å². The van der Waals surface area contributed by atoms with E-state index in [9.17, 15) is 13.6 Å². The van der Waals surface area contributed by atoms with Gasteiger partial charge in [-0.2, -0.15) is 0 Å². The molecule has 2 aromatic carbocycles. The highest BCUT2D eigenvalue weighted by atomic mass is 19.1. The van der Waals surface area contributed by atoms with Gasteiger partial charge < -0.3 is 0 Å². The van der Waals surface area contributed by atoms with Crippen molar-refractivity contribution in [3.63, 3.8) is 0 Å². The molecule has 0 radical (unpaired) electrons. The molecule has 1 heterocycles. The fourth-order valence-electron chi connectivity index (χ4n) is 1.88. The predicted molar refractivity (Wildman–Crippen MR) is 71.1 cm³/mol. The van der Waals surface area contributed by atoms with Crippen molar-refractivity contribution in [2.75, 3.05) is 0 Å². The molecule has 104 valence electrons. The normalized spacial score (nSPS) is 10.6. The van der Waals surface area contributed by atoms with E-state index < -0.39 is 11.6 Å². The number of carbonyl (C=O) groups excluding carboxylic acids is 1. The first kappa shape index (κ1) is 13.1. The minimum Gasteiger partial charge on any atom is -0.287 e. The van der Waals surface area contributed by atoms with Crippen LogP contribution in [-0.2, 0) is 0 Å². The lowest BCUT2D eigenvalue weighted by Gasteiger charge is -2.01. The van der Waals surface area contributed by atoms with Gasteiger partial charge in [0.15, 0.2) is 5.69 Å². The number of carbonyl (C=O) groups is 1. The molecule has 0 aliphatic rings. The maximum absolute atomic E-state index is 13.6. The van der Waals surface area contributed by atoms with Crippen LogP contribution in [-0.4, -0.2) is 20.8 Å². The van der Waals surface area contributed by atoms with E-state index in [2.05, 4.69) is 10.3 Å². The zero-order chi connectivity index (χ0) is 14.8. The van der Waals surface area contributed by atoms with Crippen molar-refractivity contribution >= 4 is 5.78 Å². The lowest BCUT2D eigenvalue weighted by atomic mass is 10.1. The third kappa shape index (κ3) is 2.55. The van der Waals surface area contributed by atoms with Gasteiger partial charge in [0.2, 0.25) is 5.78 Å². The predicted octanol–water partition coefficient (Wildman–Crippen LogP) is 2.78. The van der Waals surface area contributed by atoms with Gasteiger partial charge in [-0.15, -0.1) is 5.10 Å². The van der Waals surface area contributed by atoms with Gasteiger partial charge >= 0.3 is 0 Å².